The minimum absolute atomic E-state index is 0.167. The molecule has 27 heavy (non-hydrogen) atoms. The Morgan fingerprint density at radius 1 is 1.07 bits per heavy atom. The molecule has 0 saturated carbocycles. The molecule has 0 atom stereocenters. The normalized spacial score (nSPS) is 10.4. The lowest BCUT2D eigenvalue weighted by molar-refractivity contribution is -0.120. The summed E-state index contributed by atoms with van der Waals surface area (Å²) in [5, 5.41) is 12.5. The quantitative estimate of drug-likeness (QED) is 0.588. The first kappa shape index (κ1) is 18.9. The number of carbonyl (C=O) groups excluding carboxylic acids is 2. The average molecular weight is 404 g/mol. The van der Waals surface area contributed by atoms with E-state index in [4.69, 9.17) is 23.2 Å². The number of benzene rings is 2. The summed E-state index contributed by atoms with van der Waals surface area (Å²) in [5.41, 5.74) is 2.02. The van der Waals surface area contributed by atoms with Crippen molar-refractivity contribution in [1.82, 2.24) is 25.8 Å². The van der Waals surface area contributed by atoms with Crippen LogP contribution in [-0.4, -0.2) is 33.5 Å². The van der Waals surface area contributed by atoms with Gasteiger partial charge in [0.1, 0.15) is 6.33 Å². The number of aromatic nitrogens is 3. The fraction of sp³-hybridized carbons (Fsp3) is 0.111. The molecule has 1 aromatic heterocycles. The van der Waals surface area contributed by atoms with Crippen LogP contribution < -0.4 is 10.6 Å². The molecule has 2 amide bonds. The molecule has 0 spiro atoms. The summed E-state index contributed by atoms with van der Waals surface area (Å²) >= 11 is 11.8. The van der Waals surface area contributed by atoms with Crippen molar-refractivity contribution < 1.29 is 9.59 Å². The van der Waals surface area contributed by atoms with E-state index >= 15 is 0 Å². The molecule has 0 aliphatic rings. The van der Waals surface area contributed by atoms with Crippen molar-refractivity contribution in [3.05, 3.63) is 70.0 Å². The summed E-state index contributed by atoms with van der Waals surface area (Å²) in [6.07, 6.45) is 1.43. The first-order valence-electron chi connectivity index (χ1n) is 7.97. The molecule has 138 valence electrons. The van der Waals surface area contributed by atoms with Gasteiger partial charge in [-0.1, -0.05) is 41.4 Å². The zero-order chi connectivity index (χ0) is 19.2. The van der Waals surface area contributed by atoms with Gasteiger partial charge in [0.05, 0.1) is 17.1 Å². The number of halogens is 2. The topological polar surface area (TPSA) is 99.8 Å². The van der Waals surface area contributed by atoms with Gasteiger partial charge in [-0.05, 0) is 29.8 Å². The molecule has 0 aliphatic heterocycles. The second kappa shape index (κ2) is 8.66. The fourth-order valence-corrected chi connectivity index (χ4v) is 2.86. The van der Waals surface area contributed by atoms with Crippen molar-refractivity contribution in [2.45, 2.75) is 6.54 Å². The predicted molar refractivity (Wildman–Crippen MR) is 102 cm³/mol. The lowest BCUT2D eigenvalue weighted by Gasteiger charge is -2.09. The van der Waals surface area contributed by atoms with Gasteiger partial charge in [0.2, 0.25) is 5.91 Å². The molecule has 3 aromatic rings. The number of rotatable bonds is 6. The summed E-state index contributed by atoms with van der Waals surface area (Å²) in [5.74, 6) is -0.118. The molecule has 2 aromatic carbocycles. The summed E-state index contributed by atoms with van der Waals surface area (Å²) in [6.45, 7) is 0.151. The maximum atomic E-state index is 12.1. The van der Waals surface area contributed by atoms with Crippen molar-refractivity contribution in [2.75, 3.05) is 6.54 Å². The monoisotopic (exact) mass is 403 g/mol. The van der Waals surface area contributed by atoms with Gasteiger partial charge in [-0.2, -0.15) is 5.10 Å². The number of carbonyl (C=O) groups is 2. The van der Waals surface area contributed by atoms with Gasteiger partial charge in [0.15, 0.2) is 5.82 Å². The van der Waals surface area contributed by atoms with Crippen molar-refractivity contribution >= 4 is 35.0 Å². The largest absolute Gasteiger partial charge is 0.350 e. The van der Waals surface area contributed by atoms with E-state index in [-0.39, 0.29) is 23.0 Å². The van der Waals surface area contributed by atoms with E-state index < -0.39 is 5.91 Å². The highest BCUT2D eigenvalue weighted by molar-refractivity contribution is 6.36. The van der Waals surface area contributed by atoms with Gasteiger partial charge in [-0.15, -0.1) is 0 Å². The molecule has 9 heteroatoms. The number of nitrogens with one attached hydrogen (secondary N) is 3. The lowest BCUT2D eigenvalue weighted by Crippen LogP contribution is -2.36. The smallest absolute Gasteiger partial charge is 0.253 e. The van der Waals surface area contributed by atoms with E-state index in [1.54, 1.807) is 6.07 Å². The van der Waals surface area contributed by atoms with E-state index in [2.05, 4.69) is 25.8 Å². The van der Waals surface area contributed by atoms with Crippen LogP contribution in [0.4, 0.5) is 0 Å². The number of aromatic amines is 1. The first-order valence-corrected chi connectivity index (χ1v) is 8.73. The number of amides is 2. The lowest BCUT2D eigenvalue weighted by atomic mass is 10.1. The van der Waals surface area contributed by atoms with Crippen LogP contribution in [-0.2, 0) is 11.3 Å². The van der Waals surface area contributed by atoms with Crippen LogP contribution in [0.5, 0.6) is 0 Å². The third-order valence-corrected chi connectivity index (χ3v) is 4.24. The Morgan fingerprint density at radius 2 is 1.93 bits per heavy atom. The second-order valence-electron chi connectivity index (χ2n) is 5.62. The Morgan fingerprint density at radius 3 is 2.67 bits per heavy atom. The fourth-order valence-electron chi connectivity index (χ4n) is 2.37. The van der Waals surface area contributed by atoms with Crippen LogP contribution in [0.15, 0.2) is 48.8 Å². The molecule has 0 saturated heterocycles. The molecule has 0 bridgehead atoms. The summed E-state index contributed by atoms with van der Waals surface area (Å²) in [7, 11) is 0. The van der Waals surface area contributed by atoms with Crippen molar-refractivity contribution in [3.8, 4) is 11.4 Å². The molecule has 3 N–H and O–H groups in total. The third kappa shape index (κ3) is 5.06. The van der Waals surface area contributed by atoms with E-state index in [0.717, 1.165) is 11.1 Å². The minimum Gasteiger partial charge on any atom is -0.350 e. The molecule has 7 nitrogen and oxygen atoms in total. The maximum Gasteiger partial charge on any atom is 0.253 e. The standard InChI is InChI=1S/C18H15Cl2N5O2/c19-13-4-5-14(15(20)7-13)18(27)22-9-16(26)21-8-11-2-1-3-12(6-11)17-23-10-24-25-17/h1-7,10H,8-9H2,(H,21,26)(H,22,27)(H,23,24,25). The Hall–Kier alpha value is -2.90. The Bertz CT molecular complexity index is 960. The highest BCUT2D eigenvalue weighted by Crippen LogP contribution is 2.20. The zero-order valence-electron chi connectivity index (χ0n) is 14.0. The Balaban J connectivity index is 1.51. The van der Waals surface area contributed by atoms with Gasteiger partial charge >= 0.3 is 0 Å². The number of H-pyrrole nitrogens is 1. The van der Waals surface area contributed by atoms with Crippen LogP contribution in [0.3, 0.4) is 0 Å². The van der Waals surface area contributed by atoms with Gasteiger partial charge < -0.3 is 10.6 Å². The highest BCUT2D eigenvalue weighted by atomic mass is 35.5. The molecular formula is C18H15Cl2N5O2. The molecule has 0 fully saturated rings. The summed E-state index contributed by atoms with van der Waals surface area (Å²) < 4.78 is 0. The van der Waals surface area contributed by atoms with Gasteiger partial charge in [0, 0.05) is 17.1 Å². The summed E-state index contributed by atoms with van der Waals surface area (Å²) in [4.78, 5) is 28.2. The van der Waals surface area contributed by atoms with E-state index in [9.17, 15) is 9.59 Å². The Kier molecular flexibility index (Phi) is 6.05. The SMILES string of the molecule is O=C(CNC(=O)c1ccc(Cl)cc1Cl)NCc1cccc(-c2ncn[nH]2)c1. The minimum atomic E-state index is -0.445. The van der Waals surface area contributed by atoms with Crippen molar-refractivity contribution in [3.63, 3.8) is 0 Å². The molecule has 0 radical (unpaired) electrons. The van der Waals surface area contributed by atoms with Crippen molar-refractivity contribution in [1.29, 1.82) is 0 Å². The van der Waals surface area contributed by atoms with Crippen LogP contribution in [0, 0.1) is 0 Å². The van der Waals surface area contributed by atoms with Crippen LogP contribution in [0.2, 0.25) is 10.0 Å². The molecule has 0 unspecified atom stereocenters. The zero-order valence-corrected chi connectivity index (χ0v) is 15.5. The molecule has 3 rings (SSSR count). The van der Waals surface area contributed by atoms with Gasteiger partial charge in [-0.25, -0.2) is 4.98 Å². The van der Waals surface area contributed by atoms with Gasteiger partial charge in [-0.3, -0.25) is 14.7 Å². The van der Waals surface area contributed by atoms with Crippen LogP contribution in [0.1, 0.15) is 15.9 Å². The third-order valence-electron chi connectivity index (χ3n) is 3.69. The number of hydrogen-bond acceptors (Lipinski definition) is 4. The molecular weight excluding hydrogens is 389 g/mol. The highest BCUT2D eigenvalue weighted by Gasteiger charge is 2.12. The van der Waals surface area contributed by atoms with Crippen LogP contribution in [0.25, 0.3) is 11.4 Å². The maximum absolute atomic E-state index is 12.1. The molecule has 0 aliphatic carbocycles. The predicted octanol–water partition coefficient (Wildman–Crippen LogP) is 2.82. The first-order chi connectivity index (χ1) is 13.0. The Labute approximate surface area is 165 Å². The van der Waals surface area contributed by atoms with Gasteiger partial charge in [0.25, 0.3) is 5.91 Å². The van der Waals surface area contributed by atoms with E-state index in [1.165, 1.54) is 18.5 Å². The molecule has 1 heterocycles. The summed E-state index contributed by atoms with van der Waals surface area (Å²) in [6, 6.07) is 12.1. The van der Waals surface area contributed by atoms with E-state index in [1.807, 2.05) is 24.3 Å². The van der Waals surface area contributed by atoms with E-state index in [0.29, 0.717) is 17.4 Å². The number of nitrogens with zero attached hydrogens (tertiary/aromatic N) is 2. The second-order valence-corrected chi connectivity index (χ2v) is 6.46. The van der Waals surface area contributed by atoms with Crippen molar-refractivity contribution in [2.24, 2.45) is 0 Å². The van der Waals surface area contributed by atoms with Crippen LogP contribution >= 0.6 is 23.2 Å². The number of hydrogen-bond donors (Lipinski definition) is 3. The average Bonchev–Trinajstić information content (AvgIpc) is 3.19.